The number of nitrogens with one attached hydrogen (secondary N) is 1. The lowest BCUT2D eigenvalue weighted by Crippen LogP contribution is -2.29. The van der Waals surface area contributed by atoms with Crippen molar-refractivity contribution in [2.24, 2.45) is 0 Å². The molecule has 1 aromatic heterocycles. The number of carbonyl (C=O) groups is 2. The van der Waals surface area contributed by atoms with Gasteiger partial charge in [-0.1, -0.05) is 6.07 Å². The van der Waals surface area contributed by atoms with E-state index in [4.69, 9.17) is 0 Å². The van der Waals surface area contributed by atoms with Gasteiger partial charge in [-0.2, -0.15) is 0 Å². The molecule has 0 bridgehead atoms. The van der Waals surface area contributed by atoms with E-state index in [0.717, 1.165) is 0 Å². The van der Waals surface area contributed by atoms with Crippen LogP contribution in [0.25, 0.3) is 0 Å². The third-order valence-corrected chi connectivity index (χ3v) is 3.55. The Balaban J connectivity index is 2.02. The van der Waals surface area contributed by atoms with Gasteiger partial charge in [-0.15, -0.1) is 0 Å². The normalized spacial score (nSPS) is 13.8. The van der Waals surface area contributed by atoms with Crippen molar-refractivity contribution in [3.05, 3.63) is 79.6 Å². The molecule has 1 heterocycles. The van der Waals surface area contributed by atoms with Crippen LogP contribution in [0.15, 0.2) is 51.7 Å². The van der Waals surface area contributed by atoms with Crippen LogP contribution in [0.5, 0.6) is 0 Å². The fourth-order valence-corrected chi connectivity index (χ4v) is 2.41. The van der Waals surface area contributed by atoms with E-state index >= 15 is 0 Å². The number of carbonyl (C=O) groups excluding carboxylic acids is 2. The van der Waals surface area contributed by atoms with Crippen LogP contribution in [0.4, 0.5) is 0 Å². The summed E-state index contributed by atoms with van der Waals surface area (Å²) in [4.78, 5) is 48.9. The molecule has 0 aliphatic heterocycles. The number of ketones is 2. The molecule has 6 heteroatoms. The first-order valence-corrected chi connectivity index (χ1v) is 6.66. The average molecular weight is 296 g/mol. The first-order valence-electron chi connectivity index (χ1n) is 6.66. The Morgan fingerprint density at radius 3 is 2.55 bits per heavy atom. The van der Waals surface area contributed by atoms with E-state index in [2.05, 4.69) is 4.98 Å². The predicted octanol–water partition coefficient (Wildman–Crippen LogP) is 0.910. The molecule has 0 spiro atoms. The molecular formula is C16H12N2O4. The van der Waals surface area contributed by atoms with Crippen LogP contribution < -0.4 is 11.2 Å². The zero-order valence-corrected chi connectivity index (χ0v) is 11.8. The molecule has 0 amide bonds. The average Bonchev–Trinajstić information content (AvgIpc) is 2.48. The van der Waals surface area contributed by atoms with Crippen LogP contribution in [0.2, 0.25) is 0 Å². The minimum absolute atomic E-state index is 0.190. The standard InChI is InChI=1S/C16H12N2O4/c1-9-6-13(19)11-3-2-10(7-12(11)15(9)21)8-18-5-4-14(20)17-16(18)22/h2-7H,8H2,1H3,(H,17,20,22). The zero-order chi connectivity index (χ0) is 15.9. The van der Waals surface area contributed by atoms with Crippen molar-refractivity contribution in [2.75, 3.05) is 0 Å². The Kier molecular flexibility index (Phi) is 3.21. The van der Waals surface area contributed by atoms with Crippen molar-refractivity contribution >= 4 is 11.6 Å². The van der Waals surface area contributed by atoms with Gasteiger partial charge in [0, 0.05) is 29.0 Å². The number of allylic oxidation sites excluding steroid dienone is 2. The quantitative estimate of drug-likeness (QED) is 0.892. The van der Waals surface area contributed by atoms with Crippen LogP contribution >= 0.6 is 0 Å². The molecule has 0 atom stereocenters. The third-order valence-electron chi connectivity index (χ3n) is 3.55. The van der Waals surface area contributed by atoms with E-state index in [0.29, 0.717) is 22.3 Å². The fraction of sp³-hybridized carbons (Fsp3) is 0.125. The van der Waals surface area contributed by atoms with Gasteiger partial charge in [0.2, 0.25) is 0 Å². The topological polar surface area (TPSA) is 89.0 Å². The fourth-order valence-electron chi connectivity index (χ4n) is 2.41. The molecule has 0 saturated carbocycles. The smallest absolute Gasteiger partial charge is 0.296 e. The molecular weight excluding hydrogens is 284 g/mol. The molecule has 110 valence electrons. The van der Waals surface area contributed by atoms with Gasteiger partial charge in [0.25, 0.3) is 5.56 Å². The van der Waals surface area contributed by atoms with Gasteiger partial charge >= 0.3 is 5.69 Å². The van der Waals surface area contributed by atoms with Crippen LogP contribution in [-0.4, -0.2) is 21.1 Å². The Morgan fingerprint density at radius 2 is 1.82 bits per heavy atom. The number of aromatic nitrogens is 2. The Labute approximate surface area is 124 Å². The van der Waals surface area contributed by atoms with E-state index in [1.165, 1.54) is 22.9 Å². The van der Waals surface area contributed by atoms with Gasteiger partial charge in [0.1, 0.15) is 0 Å². The largest absolute Gasteiger partial charge is 0.328 e. The summed E-state index contributed by atoms with van der Waals surface area (Å²) >= 11 is 0. The molecule has 1 aliphatic rings. The van der Waals surface area contributed by atoms with Crippen molar-refractivity contribution < 1.29 is 9.59 Å². The molecule has 0 fully saturated rings. The molecule has 2 aromatic rings. The zero-order valence-electron chi connectivity index (χ0n) is 11.8. The minimum Gasteiger partial charge on any atom is -0.296 e. The van der Waals surface area contributed by atoms with Crippen LogP contribution in [0, 0.1) is 0 Å². The number of hydrogen-bond acceptors (Lipinski definition) is 4. The maximum atomic E-state index is 12.1. The lowest BCUT2D eigenvalue weighted by molar-refractivity contribution is 0.0984. The summed E-state index contributed by atoms with van der Waals surface area (Å²) in [5, 5.41) is 0. The van der Waals surface area contributed by atoms with Crippen molar-refractivity contribution in [3.63, 3.8) is 0 Å². The number of aromatic amines is 1. The first-order chi connectivity index (χ1) is 10.5. The number of H-pyrrole nitrogens is 1. The summed E-state index contributed by atoms with van der Waals surface area (Å²) in [7, 11) is 0. The lowest BCUT2D eigenvalue weighted by atomic mass is 9.89. The van der Waals surface area contributed by atoms with Gasteiger partial charge in [0.15, 0.2) is 11.6 Å². The molecule has 1 aromatic carbocycles. The van der Waals surface area contributed by atoms with Crippen molar-refractivity contribution in [3.8, 4) is 0 Å². The van der Waals surface area contributed by atoms with Gasteiger partial charge in [0.05, 0.1) is 6.54 Å². The molecule has 3 rings (SSSR count). The molecule has 0 radical (unpaired) electrons. The summed E-state index contributed by atoms with van der Waals surface area (Å²) in [5.74, 6) is -0.384. The number of Topliss-reactive ketones (excluding diaryl/α,β-unsaturated/α-hetero) is 1. The van der Waals surface area contributed by atoms with E-state index in [1.54, 1.807) is 25.1 Å². The maximum Gasteiger partial charge on any atom is 0.328 e. The van der Waals surface area contributed by atoms with Crippen LogP contribution in [0.1, 0.15) is 33.2 Å². The van der Waals surface area contributed by atoms with Crippen molar-refractivity contribution in [1.82, 2.24) is 9.55 Å². The number of benzene rings is 1. The highest BCUT2D eigenvalue weighted by atomic mass is 16.2. The highest BCUT2D eigenvalue weighted by Crippen LogP contribution is 2.22. The summed E-state index contributed by atoms with van der Waals surface area (Å²) < 4.78 is 1.32. The van der Waals surface area contributed by atoms with Gasteiger partial charge in [-0.3, -0.25) is 23.9 Å². The highest BCUT2D eigenvalue weighted by Gasteiger charge is 2.23. The lowest BCUT2D eigenvalue weighted by Gasteiger charge is -2.14. The van der Waals surface area contributed by atoms with Crippen molar-refractivity contribution in [1.29, 1.82) is 0 Å². The van der Waals surface area contributed by atoms with Gasteiger partial charge < -0.3 is 0 Å². The van der Waals surface area contributed by atoms with E-state index in [1.807, 2.05) is 0 Å². The molecule has 22 heavy (non-hydrogen) atoms. The van der Waals surface area contributed by atoms with E-state index < -0.39 is 11.2 Å². The monoisotopic (exact) mass is 296 g/mol. The molecule has 6 nitrogen and oxygen atoms in total. The molecule has 0 unspecified atom stereocenters. The number of nitrogens with zero attached hydrogens (tertiary/aromatic N) is 1. The van der Waals surface area contributed by atoms with E-state index in [9.17, 15) is 19.2 Å². The second kappa shape index (κ2) is 5.07. The Bertz CT molecular complexity index is 947. The first kappa shape index (κ1) is 13.9. The summed E-state index contributed by atoms with van der Waals surface area (Å²) in [5.41, 5.74) is 0.824. The van der Waals surface area contributed by atoms with Crippen LogP contribution in [0.3, 0.4) is 0 Å². The molecule has 0 saturated heterocycles. The van der Waals surface area contributed by atoms with Crippen LogP contribution in [-0.2, 0) is 6.54 Å². The van der Waals surface area contributed by atoms with E-state index in [-0.39, 0.29) is 18.1 Å². The third kappa shape index (κ3) is 2.35. The van der Waals surface area contributed by atoms with Gasteiger partial charge in [-0.05, 0) is 30.7 Å². The number of fused-ring (bicyclic) bond motifs is 1. The highest BCUT2D eigenvalue weighted by molar-refractivity contribution is 6.24. The summed E-state index contributed by atoms with van der Waals surface area (Å²) in [6.45, 7) is 1.80. The summed E-state index contributed by atoms with van der Waals surface area (Å²) in [6.07, 6.45) is 2.72. The Morgan fingerprint density at radius 1 is 1.05 bits per heavy atom. The second-order valence-corrected chi connectivity index (χ2v) is 5.14. The Hall–Kier alpha value is -3.02. The summed E-state index contributed by atoms with van der Waals surface area (Å²) in [6, 6.07) is 6.14. The maximum absolute atomic E-state index is 12.1. The predicted molar refractivity (Wildman–Crippen MR) is 79.3 cm³/mol. The minimum atomic E-state index is -0.524. The van der Waals surface area contributed by atoms with Gasteiger partial charge in [-0.25, -0.2) is 4.79 Å². The number of hydrogen-bond donors (Lipinski definition) is 1. The number of rotatable bonds is 2. The SMILES string of the molecule is CC1=CC(=O)c2ccc(Cn3ccc(=O)[nH]c3=O)cc2C1=O. The molecule has 1 N–H and O–H groups in total. The van der Waals surface area contributed by atoms with Crippen molar-refractivity contribution in [2.45, 2.75) is 13.5 Å². The second-order valence-electron chi connectivity index (χ2n) is 5.14. The molecule has 1 aliphatic carbocycles.